The van der Waals surface area contributed by atoms with Gasteiger partial charge in [-0.1, -0.05) is 0 Å². The molecular formula is C20H19N3O3. The Bertz CT molecular complexity index is 875. The van der Waals surface area contributed by atoms with Gasteiger partial charge in [-0.3, -0.25) is 24.0 Å². The topological polar surface area (TPSA) is 72.3 Å². The minimum Gasteiger partial charge on any atom is -0.289 e. The summed E-state index contributed by atoms with van der Waals surface area (Å²) in [5.74, 6) is 0.187. The van der Waals surface area contributed by atoms with Gasteiger partial charge < -0.3 is 0 Å². The van der Waals surface area contributed by atoms with E-state index in [1.165, 1.54) is 23.8 Å². The van der Waals surface area contributed by atoms with Gasteiger partial charge in [0.05, 0.1) is 11.4 Å². The van der Waals surface area contributed by atoms with Crippen LogP contribution in [0, 0.1) is 5.92 Å². The third-order valence-corrected chi connectivity index (χ3v) is 4.74. The van der Waals surface area contributed by atoms with Crippen molar-refractivity contribution in [3.05, 3.63) is 53.9 Å². The molecule has 132 valence electrons. The molecule has 26 heavy (non-hydrogen) atoms. The molecular weight excluding hydrogens is 330 g/mol. The van der Waals surface area contributed by atoms with Crippen molar-refractivity contribution in [2.24, 2.45) is 5.92 Å². The Morgan fingerprint density at radius 3 is 2.42 bits per heavy atom. The standard InChI is InChI=1S/C20H19N3O3/c24-18(8-7-16-11-12-21-22(16)13-14-1-2-14)15-3-5-17(6-4-15)23-19(25)9-10-20(23)26/h3-8,11-12,14H,1-2,9-10,13H2/b8-7+. The predicted molar refractivity (Wildman–Crippen MR) is 96.5 cm³/mol. The van der Waals surface area contributed by atoms with Gasteiger partial charge in [0, 0.05) is 31.1 Å². The SMILES string of the molecule is O=C(/C=C/c1ccnn1CC1CC1)c1ccc(N2C(=O)CCC2=O)cc1. The van der Waals surface area contributed by atoms with E-state index < -0.39 is 0 Å². The van der Waals surface area contributed by atoms with Crippen molar-refractivity contribution in [3.8, 4) is 0 Å². The van der Waals surface area contributed by atoms with Gasteiger partial charge in [0.1, 0.15) is 0 Å². The molecule has 2 heterocycles. The minimum atomic E-state index is -0.196. The van der Waals surface area contributed by atoms with Crippen molar-refractivity contribution in [1.29, 1.82) is 0 Å². The van der Waals surface area contributed by atoms with Crippen LogP contribution in [-0.4, -0.2) is 27.4 Å². The second-order valence-electron chi connectivity index (χ2n) is 6.75. The molecule has 1 aromatic heterocycles. The minimum absolute atomic E-state index is 0.130. The zero-order valence-corrected chi connectivity index (χ0v) is 14.3. The first-order valence-corrected chi connectivity index (χ1v) is 8.82. The molecule has 0 atom stereocenters. The molecule has 1 aliphatic carbocycles. The van der Waals surface area contributed by atoms with Crippen LogP contribution < -0.4 is 4.90 Å². The number of imide groups is 1. The van der Waals surface area contributed by atoms with E-state index in [9.17, 15) is 14.4 Å². The van der Waals surface area contributed by atoms with E-state index >= 15 is 0 Å². The summed E-state index contributed by atoms with van der Waals surface area (Å²) >= 11 is 0. The lowest BCUT2D eigenvalue weighted by atomic mass is 10.1. The number of allylic oxidation sites excluding steroid dienone is 1. The molecule has 0 N–H and O–H groups in total. The number of hydrogen-bond donors (Lipinski definition) is 0. The van der Waals surface area contributed by atoms with Gasteiger partial charge in [-0.25, -0.2) is 0 Å². The van der Waals surface area contributed by atoms with E-state index in [1.807, 2.05) is 10.7 Å². The smallest absolute Gasteiger partial charge is 0.234 e. The number of ketones is 1. The van der Waals surface area contributed by atoms with Gasteiger partial charge in [0.2, 0.25) is 11.8 Å². The first-order valence-electron chi connectivity index (χ1n) is 8.82. The number of rotatable bonds is 6. The molecule has 2 fully saturated rings. The first-order chi connectivity index (χ1) is 12.6. The van der Waals surface area contributed by atoms with E-state index in [2.05, 4.69) is 5.10 Å². The fourth-order valence-corrected chi connectivity index (χ4v) is 3.08. The molecule has 0 radical (unpaired) electrons. The van der Waals surface area contributed by atoms with Crippen molar-refractivity contribution in [3.63, 3.8) is 0 Å². The molecule has 0 spiro atoms. The maximum Gasteiger partial charge on any atom is 0.234 e. The fraction of sp³-hybridized carbons (Fsp3) is 0.300. The quantitative estimate of drug-likeness (QED) is 0.457. The van der Waals surface area contributed by atoms with Crippen LogP contribution in [0.15, 0.2) is 42.6 Å². The number of nitrogens with zero attached hydrogens (tertiary/aromatic N) is 3. The monoisotopic (exact) mass is 349 g/mol. The Labute approximate surface area is 151 Å². The molecule has 1 saturated heterocycles. The van der Waals surface area contributed by atoms with E-state index in [1.54, 1.807) is 36.5 Å². The average Bonchev–Trinajstić information content (AvgIpc) is 3.25. The second kappa shape index (κ2) is 6.71. The van der Waals surface area contributed by atoms with E-state index in [0.717, 1.165) is 12.2 Å². The van der Waals surface area contributed by atoms with Gasteiger partial charge >= 0.3 is 0 Å². The Balaban J connectivity index is 1.46. The molecule has 2 amide bonds. The summed E-state index contributed by atoms with van der Waals surface area (Å²) in [5, 5.41) is 4.30. The largest absolute Gasteiger partial charge is 0.289 e. The highest BCUT2D eigenvalue weighted by Crippen LogP contribution is 2.30. The molecule has 0 bridgehead atoms. The maximum absolute atomic E-state index is 12.4. The van der Waals surface area contributed by atoms with Gasteiger partial charge in [0.15, 0.2) is 5.78 Å². The van der Waals surface area contributed by atoms with Crippen LogP contribution in [0.25, 0.3) is 6.08 Å². The molecule has 4 rings (SSSR count). The van der Waals surface area contributed by atoms with Crippen molar-refractivity contribution in [2.45, 2.75) is 32.2 Å². The summed E-state index contributed by atoms with van der Waals surface area (Å²) in [6.07, 6.45) is 8.03. The zero-order valence-electron chi connectivity index (χ0n) is 14.3. The summed E-state index contributed by atoms with van der Waals surface area (Å²) in [6.45, 7) is 0.896. The van der Waals surface area contributed by atoms with Crippen molar-refractivity contribution >= 4 is 29.4 Å². The van der Waals surface area contributed by atoms with Crippen LogP contribution >= 0.6 is 0 Å². The van der Waals surface area contributed by atoms with E-state index in [-0.39, 0.29) is 30.4 Å². The van der Waals surface area contributed by atoms with Gasteiger partial charge in [-0.15, -0.1) is 0 Å². The van der Waals surface area contributed by atoms with Crippen LogP contribution in [0.2, 0.25) is 0 Å². The van der Waals surface area contributed by atoms with Crippen LogP contribution in [0.4, 0.5) is 5.69 Å². The highest BCUT2D eigenvalue weighted by Gasteiger charge is 2.30. The fourth-order valence-electron chi connectivity index (χ4n) is 3.08. The van der Waals surface area contributed by atoms with Crippen molar-refractivity contribution < 1.29 is 14.4 Å². The number of aromatic nitrogens is 2. The van der Waals surface area contributed by atoms with Gasteiger partial charge in [-0.2, -0.15) is 5.10 Å². The lowest BCUT2D eigenvalue weighted by Crippen LogP contribution is -2.28. The Kier molecular flexibility index (Phi) is 4.24. The number of anilines is 1. The normalized spacial score (nSPS) is 17.5. The lowest BCUT2D eigenvalue weighted by molar-refractivity contribution is -0.121. The molecule has 1 aromatic carbocycles. The van der Waals surface area contributed by atoms with Crippen LogP contribution in [0.3, 0.4) is 0 Å². The van der Waals surface area contributed by atoms with Crippen LogP contribution in [0.5, 0.6) is 0 Å². The number of carbonyl (C=O) groups excluding carboxylic acids is 3. The molecule has 1 aliphatic heterocycles. The molecule has 6 nitrogen and oxygen atoms in total. The lowest BCUT2D eigenvalue weighted by Gasteiger charge is -2.13. The third-order valence-electron chi connectivity index (χ3n) is 4.74. The molecule has 1 saturated carbocycles. The maximum atomic E-state index is 12.4. The predicted octanol–water partition coefficient (Wildman–Crippen LogP) is 2.84. The first kappa shape index (κ1) is 16.4. The summed E-state index contributed by atoms with van der Waals surface area (Å²) in [5.41, 5.74) is 1.94. The number of hydrogen-bond acceptors (Lipinski definition) is 4. The molecule has 2 aromatic rings. The summed E-state index contributed by atoms with van der Waals surface area (Å²) < 4.78 is 1.93. The Morgan fingerprint density at radius 1 is 1.08 bits per heavy atom. The number of benzene rings is 1. The van der Waals surface area contributed by atoms with E-state index in [0.29, 0.717) is 17.2 Å². The molecule has 2 aliphatic rings. The average molecular weight is 349 g/mol. The van der Waals surface area contributed by atoms with Crippen molar-refractivity contribution in [2.75, 3.05) is 4.90 Å². The molecule has 6 heteroatoms. The molecule has 0 unspecified atom stereocenters. The number of amides is 2. The second-order valence-corrected chi connectivity index (χ2v) is 6.75. The Hall–Kier alpha value is -3.02. The van der Waals surface area contributed by atoms with E-state index in [4.69, 9.17) is 0 Å². The van der Waals surface area contributed by atoms with Crippen LogP contribution in [-0.2, 0) is 16.1 Å². The summed E-state index contributed by atoms with van der Waals surface area (Å²) in [4.78, 5) is 37.1. The summed E-state index contributed by atoms with van der Waals surface area (Å²) in [6, 6.07) is 8.45. The number of carbonyl (C=O) groups is 3. The van der Waals surface area contributed by atoms with Gasteiger partial charge in [0.25, 0.3) is 0 Å². The summed E-state index contributed by atoms with van der Waals surface area (Å²) in [7, 11) is 0. The van der Waals surface area contributed by atoms with Crippen molar-refractivity contribution in [1.82, 2.24) is 9.78 Å². The highest BCUT2D eigenvalue weighted by atomic mass is 16.2. The van der Waals surface area contributed by atoms with Crippen LogP contribution in [0.1, 0.15) is 41.7 Å². The third kappa shape index (κ3) is 3.35. The highest BCUT2D eigenvalue weighted by molar-refractivity contribution is 6.20. The van der Waals surface area contributed by atoms with Gasteiger partial charge in [-0.05, 0) is 61.2 Å². The zero-order chi connectivity index (χ0) is 18.1. The Morgan fingerprint density at radius 2 is 1.77 bits per heavy atom.